The lowest BCUT2D eigenvalue weighted by atomic mass is 9.90. The summed E-state index contributed by atoms with van der Waals surface area (Å²) in [6, 6.07) is 11.5. The van der Waals surface area contributed by atoms with Crippen LogP contribution in [0.4, 0.5) is 0 Å². The van der Waals surface area contributed by atoms with E-state index in [9.17, 15) is 0 Å². The number of rotatable bonds is 2. The van der Waals surface area contributed by atoms with Crippen molar-refractivity contribution in [1.29, 1.82) is 0 Å². The van der Waals surface area contributed by atoms with Crippen molar-refractivity contribution >= 4 is 0 Å². The number of fused-ring (bicyclic) bond motifs is 1. The van der Waals surface area contributed by atoms with E-state index in [0.717, 1.165) is 13.1 Å². The highest BCUT2D eigenvalue weighted by atomic mass is 15.2. The molecule has 1 heterocycles. The Morgan fingerprint density at radius 1 is 1.16 bits per heavy atom. The molecule has 1 fully saturated rings. The van der Waals surface area contributed by atoms with Crippen molar-refractivity contribution in [3.8, 4) is 0 Å². The Labute approximate surface area is 116 Å². The molecule has 1 aliphatic carbocycles. The quantitative estimate of drug-likeness (QED) is 0.715. The lowest BCUT2D eigenvalue weighted by Gasteiger charge is -2.27. The smallest absolute Gasteiger partial charge is 0.0240 e. The van der Waals surface area contributed by atoms with Crippen LogP contribution >= 0.6 is 0 Å². The van der Waals surface area contributed by atoms with Crippen LogP contribution in [0.1, 0.15) is 31.2 Å². The molecule has 1 nitrogen and oxygen atoms in total. The summed E-state index contributed by atoms with van der Waals surface area (Å²) in [6.07, 6.45) is 10.0. The van der Waals surface area contributed by atoms with Gasteiger partial charge in [0.15, 0.2) is 0 Å². The largest absolute Gasteiger partial charge is 0.291 e. The minimum atomic E-state index is 0.587. The Hall–Kier alpha value is -1.34. The molecule has 0 radical (unpaired) electrons. The van der Waals surface area contributed by atoms with E-state index in [-0.39, 0.29) is 0 Å². The average molecular weight is 253 g/mol. The molecule has 0 spiro atoms. The second-order valence-electron chi connectivity index (χ2n) is 5.85. The fraction of sp³-hybridized carbons (Fsp3) is 0.444. The molecule has 1 aromatic rings. The highest BCUT2D eigenvalue weighted by Gasteiger charge is 2.34. The van der Waals surface area contributed by atoms with Gasteiger partial charge in [0.1, 0.15) is 0 Å². The summed E-state index contributed by atoms with van der Waals surface area (Å²) in [6.45, 7) is 6.44. The molecule has 1 heteroatoms. The molecule has 2 aliphatic rings. The molecule has 0 aromatic heterocycles. The third-order valence-corrected chi connectivity index (χ3v) is 4.45. The van der Waals surface area contributed by atoms with Gasteiger partial charge in [0.05, 0.1) is 0 Å². The molecule has 1 saturated heterocycles. The van der Waals surface area contributed by atoms with Gasteiger partial charge >= 0.3 is 0 Å². The standard InChI is InChI=1S/C18H23N/c1-15-13-19(14-16-9-5-4-6-10-16)18-12-8-3-2-7-11-17(15)18/h4-7,9-11,17-18H,1-3,8,12-14H2/b11-7-/t17-,18-/m1/s1. The van der Waals surface area contributed by atoms with Gasteiger partial charge in [-0.25, -0.2) is 0 Å². The molecule has 0 bridgehead atoms. The van der Waals surface area contributed by atoms with Crippen LogP contribution in [0.3, 0.4) is 0 Å². The highest BCUT2D eigenvalue weighted by molar-refractivity contribution is 5.23. The minimum absolute atomic E-state index is 0.587. The topological polar surface area (TPSA) is 3.24 Å². The van der Waals surface area contributed by atoms with Crippen molar-refractivity contribution in [2.75, 3.05) is 6.54 Å². The van der Waals surface area contributed by atoms with Crippen molar-refractivity contribution in [2.45, 2.75) is 38.3 Å². The SMILES string of the molecule is C=C1CN(Cc2ccccc2)[C@@H]2CCCC/C=C\[C@H]12. The fourth-order valence-corrected chi connectivity index (χ4v) is 3.46. The molecule has 1 aromatic carbocycles. The van der Waals surface area contributed by atoms with Gasteiger partial charge in [-0.3, -0.25) is 4.90 Å². The molecule has 19 heavy (non-hydrogen) atoms. The van der Waals surface area contributed by atoms with Gasteiger partial charge in [0, 0.05) is 25.0 Å². The Kier molecular flexibility index (Phi) is 3.84. The van der Waals surface area contributed by atoms with E-state index in [0.29, 0.717) is 12.0 Å². The van der Waals surface area contributed by atoms with Crippen molar-refractivity contribution in [2.24, 2.45) is 5.92 Å². The van der Waals surface area contributed by atoms with E-state index in [1.54, 1.807) is 0 Å². The van der Waals surface area contributed by atoms with Gasteiger partial charge in [-0.1, -0.05) is 61.1 Å². The highest BCUT2D eigenvalue weighted by Crippen LogP contribution is 2.35. The molecule has 0 N–H and O–H groups in total. The van der Waals surface area contributed by atoms with Gasteiger partial charge in [-0.2, -0.15) is 0 Å². The summed E-state index contributed by atoms with van der Waals surface area (Å²) >= 11 is 0. The predicted octanol–water partition coefficient (Wildman–Crippen LogP) is 4.17. The zero-order chi connectivity index (χ0) is 13.1. The first-order valence-corrected chi connectivity index (χ1v) is 7.47. The molecular formula is C18H23N. The van der Waals surface area contributed by atoms with E-state index in [1.807, 2.05) is 0 Å². The number of nitrogens with zero attached hydrogens (tertiary/aromatic N) is 1. The normalized spacial score (nSPS) is 29.6. The number of likely N-dealkylation sites (tertiary alicyclic amines) is 1. The van der Waals surface area contributed by atoms with Gasteiger partial charge in [-0.15, -0.1) is 0 Å². The van der Waals surface area contributed by atoms with Crippen molar-refractivity contribution in [3.05, 3.63) is 60.2 Å². The van der Waals surface area contributed by atoms with Crippen molar-refractivity contribution in [1.82, 2.24) is 4.90 Å². The minimum Gasteiger partial charge on any atom is -0.291 e. The van der Waals surface area contributed by atoms with E-state index in [2.05, 4.69) is 54.0 Å². The monoisotopic (exact) mass is 253 g/mol. The van der Waals surface area contributed by atoms with Gasteiger partial charge < -0.3 is 0 Å². The maximum absolute atomic E-state index is 4.31. The summed E-state index contributed by atoms with van der Waals surface area (Å²) in [5.41, 5.74) is 2.82. The van der Waals surface area contributed by atoms with Crippen LogP contribution in [0, 0.1) is 5.92 Å². The first-order valence-electron chi connectivity index (χ1n) is 7.47. The summed E-state index contributed by atoms with van der Waals surface area (Å²) in [7, 11) is 0. The number of hydrogen-bond acceptors (Lipinski definition) is 1. The van der Waals surface area contributed by atoms with Crippen molar-refractivity contribution in [3.63, 3.8) is 0 Å². The maximum atomic E-state index is 4.31. The second kappa shape index (κ2) is 5.75. The van der Waals surface area contributed by atoms with Gasteiger partial charge in [0.25, 0.3) is 0 Å². The molecule has 100 valence electrons. The Morgan fingerprint density at radius 3 is 2.84 bits per heavy atom. The number of hydrogen-bond donors (Lipinski definition) is 0. The lowest BCUT2D eigenvalue weighted by molar-refractivity contribution is 0.213. The van der Waals surface area contributed by atoms with Crippen LogP contribution < -0.4 is 0 Å². The zero-order valence-corrected chi connectivity index (χ0v) is 11.6. The summed E-state index contributed by atoms with van der Waals surface area (Å²) in [5, 5.41) is 0. The van der Waals surface area contributed by atoms with E-state index < -0.39 is 0 Å². The lowest BCUT2D eigenvalue weighted by Crippen LogP contribution is -2.32. The van der Waals surface area contributed by atoms with Crippen LogP contribution in [0.25, 0.3) is 0 Å². The first-order chi connectivity index (χ1) is 9.34. The Bertz CT molecular complexity index is 460. The number of benzene rings is 1. The molecule has 1 aliphatic heterocycles. The fourth-order valence-electron chi connectivity index (χ4n) is 3.46. The molecule has 0 unspecified atom stereocenters. The van der Waals surface area contributed by atoms with Gasteiger partial charge in [-0.05, 0) is 24.8 Å². The average Bonchev–Trinajstić information content (AvgIpc) is 2.65. The summed E-state index contributed by atoms with van der Waals surface area (Å²) in [4.78, 5) is 2.62. The molecule has 2 atom stereocenters. The Balaban J connectivity index is 1.77. The van der Waals surface area contributed by atoms with Crippen molar-refractivity contribution < 1.29 is 0 Å². The first kappa shape index (κ1) is 12.7. The van der Waals surface area contributed by atoms with E-state index in [1.165, 1.54) is 36.8 Å². The molecular weight excluding hydrogens is 230 g/mol. The summed E-state index contributed by atoms with van der Waals surface area (Å²) in [5.74, 6) is 0.587. The van der Waals surface area contributed by atoms with Crippen LogP contribution in [0.5, 0.6) is 0 Å². The van der Waals surface area contributed by atoms with Crippen LogP contribution in [0.15, 0.2) is 54.6 Å². The molecule has 3 rings (SSSR count). The predicted molar refractivity (Wildman–Crippen MR) is 80.9 cm³/mol. The van der Waals surface area contributed by atoms with Gasteiger partial charge in [0.2, 0.25) is 0 Å². The third-order valence-electron chi connectivity index (χ3n) is 4.45. The van der Waals surface area contributed by atoms with Crippen LogP contribution in [-0.4, -0.2) is 17.5 Å². The van der Waals surface area contributed by atoms with E-state index in [4.69, 9.17) is 0 Å². The third kappa shape index (κ3) is 2.82. The molecule has 0 amide bonds. The van der Waals surface area contributed by atoms with E-state index >= 15 is 0 Å². The number of allylic oxidation sites excluding steroid dienone is 1. The molecule has 0 saturated carbocycles. The van der Waals surface area contributed by atoms with Crippen LogP contribution in [-0.2, 0) is 6.54 Å². The summed E-state index contributed by atoms with van der Waals surface area (Å²) < 4.78 is 0. The Morgan fingerprint density at radius 2 is 2.00 bits per heavy atom. The van der Waals surface area contributed by atoms with Crippen LogP contribution in [0.2, 0.25) is 0 Å². The second-order valence-corrected chi connectivity index (χ2v) is 5.85. The zero-order valence-electron chi connectivity index (χ0n) is 11.6. The maximum Gasteiger partial charge on any atom is 0.0240 e.